The third-order valence-corrected chi connectivity index (χ3v) is 5.52. The molecule has 2 aromatic carbocycles. The highest BCUT2D eigenvalue weighted by Crippen LogP contribution is 2.26. The molecule has 2 heterocycles. The summed E-state index contributed by atoms with van der Waals surface area (Å²) in [5.74, 6) is -0.213. The van der Waals surface area contributed by atoms with Crippen molar-refractivity contribution >= 4 is 33.9 Å². The van der Waals surface area contributed by atoms with Gasteiger partial charge in [-0.05, 0) is 43.3 Å². The maximum atomic E-state index is 13.2. The molecule has 9 heteroatoms. The number of hydrogen-bond acceptors (Lipinski definition) is 6. The first-order valence-corrected chi connectivity index (χ1v) is 10.4. The molecule has 0 radical (unpaired) electrons. The summed E-state index contributed by atoms with van der Waals surface area (Å²) in [7, 11) is 1.50. The molecule has 158 valence electrons. The molecule has 4 rings (SSSR count). The fourth-order valence-corrected chi connectivity index (χ4v) is 3.97. The number of ketones is 1. The van der Waals surface area contributed by atoms with Crippen molar-refractivity contribution in [3.8, 4) is 17.0 Å². The van der Waals surface area contributed by atoms with Gasteiger partial charge in [-0.3, -0.25) is 14.9 Å². The van der Waals surface area contributed by atoms with Crippen LogP contribution in [-0.4, -0.2) is 33.4 Å². The Labute approximate surface area is 181 Å². The Morgan fingerprint density at radius 2 is 1.94 bits per heavy atom. The summed E-state index contributed by atoms with van der Waals surface area (Å²) in [6, 6.07) is 11.4. The van der Waals surface area contributed by atoms with Crippen LogP contribution in [0.4, 0.5) is 10.3 Å². The highest BCUT2D eigenvalue weighted by atomic mass is 32.1. The van der Waals surface area contributed by atoms with Gasteiger partial charge < -0.3 is 4.74 Å². The van der Waals surface area contributed by atoms with E-state index in [4.69, 9.17) is 4.74 Å². The summed E-state index contributed by atoms with van der Waals surface area (Å²) < 4.78 is 20.0. The van der Waals surface area contributed by atoms with Gasteiger partial charge in [-0.1, -0.05) is 11.6 Å². The second-order valence-electron chi connectivity index (χ2n) is 6.93. The Hall–Kier alpha value is -3.59. The van der Waals surface area contributed by atoms with Gasteiger partial charge in [0, 0.05) is 23.8 Å². The number of rotatable bonds is 7. The molecule has 0 aliphatic rings. The van der Waals surface area contributed by atoms with E-state index in [-0.39, 0.29) is 36.3 Å². The van der Waals surface area contributed by atoms with Gasteiger partial charge in [-0.25, -0.2) is 8.91 Å². The molecule has 0 spiro atoms. The lowest BCUT2D eigenvalue weighted by Gasteiger charge is -2.08. The van der Waals surface area contributed by atoms with Crippen molar-refractivity contribution < 1.29 is 18.7 Å². The fourth-order valence-electron chi connectivity index (χ4n) is 3.14. The molecule has 0 saturated carbocycles. The number of aryl methyl sites for hydroxylation is 1. The number of carbonyl (C=O) groups excluding carboxylic acids is 2. The van der Waals surface area contributed by atoms with E-state index in [9.17, 15) is 14.0 Å². The SMILES string of the molecule is COc1ccc(C)cc1C(=O)CCC(=O)Nc1nc2scc(-c3ccc(F)cc3)n2n1. The lowest BCUT2D eigenvalue weighted by molar-refractivity contribution is -0.116. The molecular weight excluding hydrogens is 419 g/mol. The molecular formula is C22H19FN4O3S. The zero-order valence-corrected chi connectivity index (χ0v) is 17.7. The molecule has 0 aliphatic carbocycles. The number of halogens is 1. The van der Waals surface area contributed by atoms with Gasteiger partial charge in [-0.15, -0.1) is 16.4 Å². The number of Topliss-reactive ketones (excluding diaryl/α,β-unsaturated/α-hetero) is 1. The van der Waals surface area contributed by atoms with Crippen LogP contribution < -0.4 is 10.1 Å². The molecule has 31 heavy (non-hydrogen) atoms. The van der Waals surface area contributed by atoms with E-state index < -0.39 is 0 Å². The van der Waals surface area contributed by atoms with E-state index in [1.54, 1.807) is 28.8 Å². The summed E-state index contributed by atoms with van der Waals surface area (Å²) in [6.07, 6.45) is 0.0301. The molecule has 0 aliphatic heterocycles. The Morgan fingerprint density at radius 1 is 1.16 bits per heavy atom. The second-order valence-corrected chi connectivity index (χ2v) is 7.77. The summed E-state index contributed by atoms with van der Waals surface area (Å²) >= 11 is 1.36. The lowest BCUT2D eigenvalue weighted by atomic mass is 10.0. The highest BCUT2D eigenvalue weighted by Gasteiger charge is 2.17. The maximum Gasteiger partial charge on any atom is 0.250 e. The number of aromatic nitrogens is 3. The lowest BCUT2D eigenvalue weighted by Crippen LogP contribution is -2.15. The summed E-state index contributed by atoms with van der Waals surface area (Å²) in [5, 5.41) is 8.82. The number of benzene rings is 2. The second kappa shape index (κ2) is 8.65. The van der Waals surface area contributed by atoms with Gasteiger partial charge >= 0.3 is 0 Å². The minimum Gasteiger partial charge on any atom is -0.496 e. The Balaban J connectivity index is 1.43. The topological polar surface area (TPSA) is 85.6 Å². The van der Waals surface area contributed by atoms with Crippen LogP contribution in [-0.2, 0) is 4.79 Å². The quantitative estimate of drug-likeness (QED) is 0.429. The van der Waals surface area contributed by atoms with E-state index in [0.29, 0.717) is 16.3 Å². The first-order valence-electron chi connectivity index (χ1n) is 9.52. The predicted molar refractivity (Wildman–Crippen MR) is 116 cm³/mol. The third-order valence-electron chi connectivity index (χ3n) is 4.71. The van der Waals surface area contributed by atoms with Crippen molar-refractivity contribution in [1.29, 1.82) is 0 Å². The minimum absolute atomic E-state index is 0.00634. The number of thiazole rings is 1. The zero-order valence-electron chi connectivity index (χ0n) is 16.9. The largest absolute Gasteiger partial charge is 0.496 e. The number of ether oxygens (including phenoxy) is 1. The van der Waals surface area contributed by atoms with Gasteiger partial charge in [0.15, 0.2) is 5.78 Å². The molecule has 7 nitrogen and oxygen atoms in total. The molecule has 1 N–H and O–H groups in total. The van der Waals surface area contributed by atoms with Crippen molar-refractivity contribution in [2.24, 2.45) is 0 Å². The summed E-state index contributed by atoms with van der Waals surface area (Å²) in [4.78, 5) is 29.8. The molecule has 2 aromatic heterocycles. The van der Waals surface area contributed by atoms with E-state index in [0.717, 1.165) is 16.8 Å². The average Bonchev–Trinajstić information content (AvgIpc) is 3.33. The van der Waals surface area contributed by atoms with Crippen molar-refractivity contribution in [3.05, 3.63) is 64.8 Å². The first kappa shape index (κ1) is 20.7. The van der Waals surface area contributed by atoms with Crippen molar-refractivity contribution in [2.45, 2.75) is 19.8 Å². The summed E-state index contributed by atoms with van der Waals surface area (Å²) in [6.45, 7) is 1.89. The molecule has 4 aromatic rings. The van der Waals surface area contributed by atoms with Crippen LogP contribution in [0.15, 0.2) is 47.8 Å². The number of fused-ring (bicyclic) bond motifs is 1. The summed E-state index contributed by atoms with van der Waals surface area (Å²) in [5.41, 5.74) is 2.93. The molecule has 0 atom stereocenters. The third kappa shape index (κ3) is 4.46. The monoisotopic (exact) mass is 438 g/mol. The Kier molecular flexibility index (Phi) is 5.77. The fraction of sp³-hybridized carbons (Fsp3) is 0.182. The minimum atomic E-state index is -0.360. The molecule has 1 amide bonds. The standard InChI is InChI=1S/C22H19FN4O3S/c1-13-3-9-19(30-2)16(11-13)18(28)8-10-20(29)24-21-25-22-27(26-21)17(12-31-22)14-4-6-15(23)7-5-14/h3-7,9,11-12H,8,10H2,1-2H3,(H,24,26,29). The maximum absolute atomic E-state index is 13.2. The first-order chi connectivity index (χ1) is 14.9. The number of amides is 1. The van der Waals surface area contributed by atoms with Crippen LogP contribution in [0.5, 0.6) is 5.75 Å². The van der Waals surface area contributed by atoms with Gasteiger partial charge in [0.2, 0.25) is 16.8 Å². The number of carbonyl (C=O) groups is 2. The van der Waals surface area contributed by atoms with Crippen LogP contribution >= 0.6 is 11.3 Å². The van der Waals surface area contributed by atoms with Gasteiger partial charge in [0.25, 0.3) is 0 Å². The van der Waals surface area contributed by atoms with Crippen molar-refractivity contribution in [2.75, 3.05) is 12.4 Å². The van der Waals surface area contributed by atoms with Gasteiger partial charge in [0.1, 0.15) is 11.6 Å². The normalized spacial score (nSPS) is 10.9. The Bertz CT molecular complexity index is 1260. The predicted octanol–water partition coefficient (Wildman–Crippen LogP) is 4.52. The number of nitrogens with one attached hydrogen (secondary N) is 1. The van der Waals surface area contributed by atoms with Gasteiger partial charge in [0.05, 0.1) is 18.4 Å². The van der Waals surface area contributed by atoms with Crippen LogP contribution in [0, 0.1) is 12.7 Å². The van der Waals surface area contributed by atoms with Crippen molar-refractivity contribution in [3.63, 3.8) is 0 Å². The van der Waals surface area contributed by atoms with Gasteiger partial charge in [-0.2, -0.15) is 4.98 Å². The number of nitrogens with zero attached hydrogens (tertiary/aromatic N) is 3. The van der Waals surface area contributed by atoms with E-state index in [1.807, 2.05) is 18.4 Å². The van der Waals surface area contributed by atoms with Crippen LogP contribution in [0.3, 0.4) is 0 Å². The number of hydrogen-bond donors (Lipinski definition) is 1. The average molecular weight is 438 g/mol. The Morgan fingerprint density at radius 3 is 2.68 bits per heavy atom. The van der Waals surface area contributed by atoms with E-state index in [2.05, 4.69) is 15.4 Å². The van der Waals surface area contributed by atoms with E-state index in [1.165, 1.54) is 30.6 Å². The van der Waals surface area contributed by atoms with Crippen LogP contribution in [0.2, 0.25) is 0 Å². The van der Waals surface area contributed by atoms with Crippen molar-refractivity contribution in [1.82, 2.24) is 14.6 Å². The van der Waals surface area contributed by atoms with E-state index >= 15 is 0 Å². The number of methoxy groups -OCH3 is 1. The van der Waals surface area contributed by atoms with Crippen LogP contribution in [0.1, 0.15) is 28.8 Å². The molecule has 0 fully saturated rings. The highest BCUT2D eigenvalue weighted by molar-refractivity contribution is 7.15. The molecule has 0 unspecified atom stereocenters. The van der Waals surface area contributed by atoms with Crippen LogP contribution in [0.25, 0.3) is 16.2 Å². The smallest absolute Gasteiger partial charge is 0.250 e. The zero-order chi connectivity index (χ0) is 22.0. The molecule has 0 saturated heterocycles. The molecule has 0 bridgehead atoms. The number of anilines is 1.